The second-order valence-corrected chi connectivity index (χ2v) is 18.6. The van der Waals surface area contributed by atoms with E-state index in [1.54, 1.807) is 30.7 Å². The molecule has 16 nitrogen and oxygen atoms in total. The van der Waals surface area contributed by atoms with Crippen LogP contribution in [-0.2, 0) is 29.2 Å². The molecule has 5 amide bonds. The van der Waals surface area contributed by atoms with Gasteiger partial charge in [0.05, 0.1) is 11.3 Å². The number of H-pyrrole nitrogens is 1. The van der Waals surface area contributed by atoms with Gasteiger partial charge in [-0.05, 0) is 86.3 Å². The second kappa shape index (κ2) is 16.3. The predicted octanol–water partition coefficient (Wildman–Crippen LogP) is 3.76. The molecular weight excluding hydrogens is 763 g/mol. The van der Waals surface area contributed by atoms with Crippen LogP contribution in [0.5, 0.6) is 0 Å². The maximum atomic E-state index is 14.3. The maximum absolute atomic E-state index is 14.3. The highest BCUT2D eigenvalue weighted by Gasteiger charge is 2.62. The molecule has 5 N–H and O–H groups in total. The summed E-state index contributed by atoms with van der Waals surface area (Å²) in [5.74, 6) is -2.49. The molecule has 0 radical (unpaired) electrons. The Hall–Kier alpha value is -5.58. The number of aromatic nitrogens is 4. The number of likely N-dealkylation sites (tertiary alicyclic amines) is 1. The fourth-order valence-electron chi connectivity index (χ4n) is 7.33. The summed E-state index contributed by atoms with van der Waals surface area (Å²) in [6, 6.07) is 8.00. The zero-order valence-electron chi connectivity index (χ0n) is 32.2. The van der Waals surface area contributed by atoms with E-state index in [0.717, 1.165) is 29.3 Å². The lowest BCUT2D eigenvalue weighted by Gasteiger charge is -2.35. The van der Waals surface area contributed by atoms with Crippen LogP contribution in [0.1, 0.15) is 73.1 Å². The number of fused-ring (bicyclic) bond motifs is 2. The second-order valence-electron chi connectivity index (χ2n) is 16.6. The predicted molar refractivity (Wildman–Crippen MR) is 218 cm³/mol. The van der Waals surface area contributed by atoms with Crippen molar-refractivity contribution in [1.82, 2.24) is 45.1 Å². The van der Waals surface area contributed by atoms with Crippen molar-refractivity contribution in [3.8, 4) is 0 Å². The number of nitrogens with one attached hydrogen (secondary N) is 5. The first-order valence-corrected chi connectivity index (χ1v) is 20.9. The van der Waals surface area contributed by atoms with E-state index in [0.29, 0.717) is 30.8 Å². The van der Waals surface area contributed by atoms with Crippen LogP contribution in [0.4, 0.5) is 4.79 Å². The van der Waals surface area contributed by atoms with Gasteiger partial charge in [0.1, 0.15) is 28.9 Å². The molecule has 1 aliphatic heterocycles. The number of sulfonamides is 1. The first kappa shape index (κ1) is 42.0. The van der Waals surface area contributed by atoms with Crippen molar-refractivity contribution < 1.29 is 32.4 Å². The Labute approximate surface area is 338 Å². The van der Waals surface area contributed by atoms with Gasteiger partial charge in [-0.15, -0.1) is 6.58 Å². The highest BCUT2D eigenvalue weighted by atomic mass is 32.2. The Morgan fingerprint density at radius 1 is 1.02 bits per heavy atom. The van der Waals surface area contributed by atoms with Crippen molar-refractivity contribution in [1.29, 1.82) is 0 Å². The molecule has 4 aliphatic rings. The van der Waals surface area contributed by atoms with Crippen LogP contribution in [0.25, 0.3) is 22.1 Å². The summed E-state index contributed by atoms with van der Waals surface area (Å²) in [6.07, 6.45) is 11.6. The van der Waals surface area contributed by atoms with E-state index in [-0.39, 0.29) is 32.7 Å². The summed E-state index contributed by atoms with van der Waals surface area (Å²) < 4.78 is 28.7. The summed E-state index contributed by atoms with van der Waals surface area (Å²) in [5.41, 5.74) is -0.872. The number of pyridine rings is 2. The number of aromatic amines is 1. The zero-order chi connectivity index (χ0) is 40.7. The fraction of sp³-hybridized carbons (Fsp3) is 0.488. The molecule has 310 valence electrons. The van der Waals surface area contributed by atoms with Gasteiger partial charge >= 0.3 is 6.03 Å². The van der Waals surface area contributed by atoms with E-state index < -0.39 is 74.0 Å². The Balaban J connectivity index is 0.000000495. The molecule has 4 fully saturated rings. The Morgan fingerprint density at radius 3 is 2.36 bits per heavy atom. The summed E-state index contributed by atoms with van der Waals surface area (Å²) in [5, 5.41) is 9.85. The van der Waals surface area contributed by atoms with E-state index in [2.05, 4.69) is 42.2 Å². The molecule has 3 saturated carbocycles. The number of carbonyl (C=O) groups excluding carboxylic acids is 5. The summed E-state index contributed by atoms with van der Waals surface area (Å²) in [7, 11) is -3.89. The van der Waals surface area contributed by atoms with Crippen LogP contribution in [-0.4, -0.2) is 98.0 Å². The largest absolute Gasteiger partial charge is 0.346 e. The van der Waals surface area contributed by atoms with Gasteiger partial charge in [0, 0.05) is 54.4 Å². The smallest absolute Gasteiger partial charge is 0.327 e. The van der Waals surface area contributed by atoms with Gasteiger partial charge in [-0.2, -0.15) is 0 Å². The Bertz CT molecular complexity index is 2290. The molecular formula is C41H53N9O7S. The first-order valence-electron chi connectivity index (χ1n) is 19.3. The summed E-state index contributed by atoms with van der Waals surface area (Å²) >= 11 is 0. The lowest BCUT2D eigenvalue weighted by Crippen LogP contribution is -2.60. The van der Waals surface area contributed by atoms with E-state index >= 15 is 0 Å². The van der Waals surface area contributed by atoms with Gasteiger partial charge in [-0.1, -0.05) is 34.3 Å². The first-order chi connectivity index (χ1) is 27.1. The molecule has 2 unspecified atom stereocenters. The average Bonchev–Trinajstić information content (AvgIpc) is 4.13. The third-order valence-electron chi connectivity index (χ3n) is 11.0. The highest BCUT2D eigenvalue weighted by Crippen LogP contribution is 2.45. The SMILES string of the molecule is C.C=CC1CC1(NC(=O)[C@@H]1C[C@@H](NC(=O)n2ccc3cccnc32)CN1C(=O)[C@@H](NC(=O)CC1CC1)C(C)(C)C)C(=O)NS(=O)(=O)C1CC1.c1cnc2[nH]ccc2c1. The van der Waals surface area contributed by atoms with Crippen LogP contribution < -0.4 is 20.7 Å². The molecule has 3 aliphatic carbocycles. The van der Waals surface area contributed by atoms with Gasteiger partial charge in [0.2, 0.25) is 27.7 Å². The number of carbonyl (C=O) groups is 5. The van der Waals surface area contributed by atoms with Gasteiger partial charge < -0.3 is 25.8 Å². The van der Waals surface area contributed by atoms with Crippen molar-refractivity contribution in [3.05, 3.63) is 73.8 Å². The van der Waals surface area contributed by atoms with Gasteiger partial charge in [0.15, 0.2) is 0 Å². The summed E-state index contributed by atoms with van der Waals surface area (Å²) in [6.45, 7) is 9.16. The Morgan fingerprint density at radius 2 is 1.72 bits per heavy atom. The standard InChI is InChI=1S/C33H43N7O7S.C7H6N2.CH4/c1-5-21-17-33(21,30(44)38-48(46,47)23-10-11-23)37-28(42)24-16-22(35-31(45)39-14-12-20-7-6-13-34-27(20)39)18-40(24)29(43)26(32(2,3)4)36-25(41)15-19-8-9-19;1-2-6-3-5-9-7(6)8-4-1;/h5-7,12-14,19,21-24,26H,1,8-11,15-18H2,2-4H3,(H,35,45)(H,36,41)(H,37,42)(H,38,44);1-5H,(H,8,9);1H4/t21?,22-,24+,26-,33?;;/m1../s1. The third-order valence-corrected chi connectivity index (χ3v) is 12.9. The number of hydrogen-bond acceptors (Lipinski definition) is 9. The zero-order valence-corrected chi connectivity index (χ0v) is 33.1. The van der Waals surface area contributed by atoms with Crippen LogP contribution >= 0.6 is 0 Å². The molecule has 0 bridgehead atoms. The van der Waals surface area contributed by atoms with Crippen molar-refractivity contribution >= 4 is 61.7 Å². The van der Waals surface area contributed by atoms with Crippen molar-refractivity contribution in [2.24, 2.45) is 17.3 Å². The van der Waals surface area contributed by atoms with E-state index in [1.165, 1.54) is 15.5 Å². The number of nitrogens with zero attached hydrogens (tertiary/aromatic N) is 4. The lowest BCUT2D eigenvalue weighted by atomic mass is 9.85. The number of rotatable bonds is 11. The van der Waals surface area contributed by atoms with Crippen LogP contribution in [0.15, 0.2) is 73.8 Å². The molecule has 4 aromatic rings. The Kier molecular flexibility index (Phi) is 11.8. The van der Waals surface area contributed by atoms with Gasteiger partial charge in [0.25, 0.3) is 5.91 Å². The third kappa shape index (κ3) is 9.09. The molecule has 17 heteroatoms. The molecule has 0 aromatic carbocycles. The number of hydrogen-bond donors (Lipinski definition) is 5. The van der Waals surface area contributed by atoms with Crippen molar-refractivity contribution in [2.45, 2.75) is 102 Å². The lowest BCUT2D eigenvalue weighted by molar-refractivity contribution is -0.144. The topological polar surface area (TPSA) is 217 Å². The molecule has 58 heavy (non-hydrogen) atoms. The van der Waals surface area contributed by atoms with Crippen LogP contribution in [0, 0.1) is 17.3 Å². The van der Waals surface area contributed by atoms with E-state index in [4.69, 9.17) is 0 Å². The van der Waals surface area contributed by atoms with Crippen LogP contribution in [0.3, 0.4) is 0 Å². The molecule has 0 spiro atoms. The minimum atomic E-state index is -3.89. The molecule has 1 saturated heterocycles. The average molecular weight is 816 g/mol. The minimum Gasteiger partial charge on any atom is -0.346 e. The van der Waals surface area contributed by atoms with Crippen molar-refractivity contribution in [3.63, 3.8) is 0 Å². The summed E-state index contributed by atoms with van der Waals surface area (Å²) in [4.78, 5) is 80.8. The van der Waals surface area contributed by atoms with E-state index in [9.17, 15) is 32.4 Å². The molecule has 5 heterocycles. The van der Waals surface area contributed by atoms with Gasteiger partial charge in [-0.3, -0.25) is 28.5 Å². The number of amides is 5. The van der Waals surface area contributed by atoms with Crippen molar-refractivity contribution in [2.75, 3.05) is 6.54 Å². The molecule has 4 aromatic heterocycles. The maximum Gasteiger partial charge on any atom is 0.327 e. The minimum absolute atomic E-state index is 0. The molecule has 8 rings (SSSR count). The van der Waals surface area contributed by atoms with E-state index in [1.807, 2.05) is 51.2 Å². The highest BCUT2D eigenvalue weighted by molar-refractivity contribution is 7.91. The molecule has 5 atom stereocenters. The van der Waals surface area contributed by atoms with Gasteiger partial charge in [-0.25, -0.2) is 23.2 Å². The quantitative estimate of drug-likeness (QED) is 0.139. The monoisotopic (exact) mass is 815 g/mol. The normalized spacial score (nSPS) is 23.1. The fourth-order valence-corrected chi connectivity index (χ4v) is 8.69. The van der Waals surface area contributed by atoms with Crippen LogP contribution in [0.2, 0.25) is 0 Å².